The molecule has 1 fully saturated rings. The average Bonchev–Trinajstić information content (AvgIpc) is 2.57. The Hall–Kier alpha value is -0.570. The van der Waals surface area contributed by atoms with Crippen LogP contribution < -0.4 is 0 Å². The molecule has 0 heterocycles. The van der Waals surface area contributed by atoms with Crippen LogP contribution in [0.5, 0.6) is 0 Å². The Morgan fingerprint density at radius 1 is 1.09 bits per heavy atom. The summed E-state index contributed by atoms with van der Waals surface area (Å²) in [4.78, 5) is 2.39. The molecule has 1 unspecified atom stereocenters. The van der Waals surface area contributed by atoms with Crippen molar-refractivity contribution in [1.29, 1.82) is 0 Å². The molecule has 0 saturated heterocycles. The lowest BCUT2D eigenvalue weighted by atomic mass is 9.71. The molecule has 0 bridgehead atoms. The highest BCUT2D eigenvalue weighted by Crippen LogP contribution is 2.42. The van der Waals surface area contributed by atoms with Crippen LogP contribution in [-0.2, 0) is 5.60 Å². The summed E-state index contributed by atoms with van der Waals surface area (Å²) in [5.74, 6) is 0.373. The summed E-state index contributed by atoms with van der Waals surface area (Å²) >= 11 is 6.03. The molecular formula is C19H30ClNO. The van der Waals surface area contributed by atoms with E-state index in [0.717, 1.165) is 49.5 Å². The highest BCUT2D eigenvalue weighted by atomic mass is 35.5. The van der Waals surface area contributed by atoms with Crippen molar-refractivity contribution in [2.24, 2.45) is 5.92 Å². The predicted octanol–water partition coefficient (Wildman–Crippen LogP) is 4.84. The van der Waals surface area contributed by atoms with Crippen molar-refractivity contribution >= 4 is 11.6 Å². The zero-order valence-electron chi connectivity index (χ0n) is 14.0. The fourth-order valence-corrected chi connectivity index (χ4v) is 3.90. The van der Waals surface area contributed by atoms with Crippen LogP contribution in [-0.4, -0.2) is 29.6 Å². The molecule has 22 heavy (non-hydrogen) atoms. The Kier molecular flexibility index (Phi) is 6.73. The summed E-state index contributed by atoms with van der Waals surface area (Å²) in [6, 6.07) is 7.84. The summed E-state index contributed by atoms with van der Waals surface area (Å²) < 4.78 is 0. The fourth-order valence-electron chi connectivity index (χ4n) is 3.77. The van der Waals surface area contributed by atoms with Gasteiger partial charge in [-0.3, -0.25) is 0 Å². The zero-order valence-corrected chi connectivity index (χ0v) is 14.8. The third kappa shape index (κ3) is 4.24. The van der Waals surface area contributed by atoms with Gasteiger partial charge in [-0.25, -0.2) is 0 Å². The first-order valence-corrected chi connectivity index (χ1v) is 9.18. The van der Waals surface area contributed by atoms with Crippen LogP contribution in [0.1, 0.15) is 57.9 Å². The number of hydrogen-bond acceptors (Lipinski definition) is 2. The minimum absolute atomic E-state index is 0.373. The van der Waals surface area contributed by atoms with Gasteiger partial charge in [0.1, 0.15) is 0 Å². The normalized spacial score (nSPS) is 19.3. The number of benzene rings is 1. The van der Waals surface area contributed by atoms with Gasteiger partial charge in [0.25, 0.3) is 0 Å². The van der Waals surface area contributed by atoms with E-state index in [1.807, 2.05) is 24.3 Å². The third-order valence-corrected chi connectivity index (χ3v) is 5.58. The first-order valence-electron chi connectivity index (χ1n) is 8.81. The van der Waals surface area contributed by atoms with Gasteiger partial charge in [-0.1, -0.05) is 56.8 Å². The van der Waals surface area contributed by atoms with Gasteiger partial charge in [-0.05, 0) is 56.0 Å². The number of nitrogens with zero attached hydrogens (tertiary/aromatic N) is 1. The van der Waals surface area contributed by atoms with Crippen LogP contribution in [0.15, 0.2) is 24.3 Å². The van der Waals surface area contributed by atoms with E-state index in [1.54, 1.807) is 0 Å². The first kappa shape index (κ1) is 17.8. The molecule has 0 spiro atoms. The summed E-state index contributed by atoms with van der Waals surface area (Å²) in [6.07, 6.45) is 6.87. The molecule has 1 aromatic rings. The molecule has 1 N–H and O–H groups in total. The van der Waals surface area contributed by atoms with Crippen LogP contribution in [0, 0.1) is 5.92 Å². The summed E-state index contributed by atoms with van der Waals surface area (Å²) in [5, 5.41) is 12.3. The zero-order chi connectivity index (χ0) is 16.0. The Morgan fingerprint density at radius 3 is 2.23 bits per heavy atom. The molecule has 0 amide bonds. The minimum Gasteiger partial charge on any atom is -0.385 e. The molecule has 1 aliphatic carbocycles. The lowest BCUT2D eigenvalue weighted by molar-refractivity contribution is -0.0516. The van der Waals surface area contributed by atoms with Crippen LogP contribution in [0.25, 0.3) is 0 Å². The summed E-state index contributed by atoms with van der Waals surface area (Å²) in [5.41, 5.74) is 0.323. The molecule has 2 nitrogen and oxygen atoms in total. The van der Waals surface area contributed by atoms with E-state index in [0.29, 0.717) is 5.92 Å². The Balaban J connectivity index is 2.20. The first-order chi connectivity index (χ1) is 10.6. The van der Waals surface area contributed by atoms with Crippen molar-refractivity contribution in [3.63, 3.8) is 0 Å². The van der Waals surface area contributed by atoms with Crippen LogP contribution in [0.4, 0.5) is 0 Å². The molecule has 0 aromatic heterocycles. The molecule has 2 rings (SSSR count). The van der Waals surface area contributed by atoms with Crippen molar-refractivity contribution in [3.8, 4) is 0 Å². The number of aliphatic hydroxyl groups is 1. The number of rotatable bonds is 7. The molecule has 1 atom stereocenters. The van der Waals surface area contributed by atoms with Crippen molar-refractivity contribution in [3.05, 3.63) is 34.9 Å². The van der Waals surface area contributed by atoms with Gasteiger partial charge in [0.15, 0.2) is 0 Å². The average molecular weight is 324 g/mol. The maximum atomic E-state index is 11.6. The number of halogens is 1. The Morgan fingerprint density at radius 2 is 1.68 bits per heavy atom. The van der Waals surface area contributed by atoms with Gasteiger partial charge < -0.3 is 10.0 Å². The van der Waals surface area contributed by atoms with E-state index in [9.17, 15) is 5.11 Å². The van der Waals surface area contributed by atoms with Gasteiger partial charge in [0.2, 0.25) is 0 Å². The Labute approximate surface area is 140 Å². The van der Waals surface area contributed by atoms with Crippen molar-refractivity contribution in [2.45, 2.75) is 58.0 Å². The van der Waals surface area contributed by atoms with Crippen LogP contribution in [0.3, 0.4) is 0 Å². The van der Waals surface area contributed by atoms with E-state index in [1.165, 1.54) is 19.3 Å². The molecule has 0 aliphatic heterocycles. The largest absolute Gasteiger partial charge is 0.385 e. The number of hydrogen-bond donors (Lipinski definition) is 1. The van der Waals surface area contributed by atoms with Crippen molar-refractivity contribution in [1.82, 2.24) is 4.90 Å². The van der Waals surface area contributed by atoms with Crippen molar-refractivity contribution in [2.75, 3.05) is 19.6 Å². The van der Waals surface area contributed by atoms with E-state index in [4.69, 9.17) is 11.6 Å². The molecule has 3 heteroatoms. The van der Waals surface area contributed by atoms with E-state index < -0.39 is 5.60 Å². The maximum absolute atomic E-state index is 11.6. The third-order valence-electron chi connectivity index (χ3n) is 5.33. The quantitative estimate of drug-likeness (QED) is 0.776. The fraction of sp³-hybridized carbons (Fsp3) is 0.684. The van der Waals surface area contributed by atoms with Crippen molar-refractivity contribution < 1.29 is 5.11 Å². The summed E-state index contributed by atoms with van der Waals surface area (Å²) in [6.45, 7) is 7.40. The minimum atomic E-state index is -0.715. The predicted molar refractivity (Wildman–Crippen MR) is 94.3 cm³/mol. The molecule has 1 saturated carbocycles. The lowest BCUT2D eigenvalue weighted by Crippen LogP contribution is -2.40. The smallest absolute Gasteiger partial charge is 0.0936 e. The SMILES string of the molecule is CCN(CC)CCC(O)(c1ccc(Cl)cc1)C1CCCCC1. The van der Waals surface area contributed by atoms with Gasteiger partial charge in [0.05, 0.1) is 5.60 Å². The molecule has 0 radical (unpaired) electrons. The maximum Gasteiger partial charge on any atom is 0.0936 e. The van der Waals surface area contributed by atoms with E-state index in [-0.39, 0.29) is 0 Å². The molecular weight excluding hydrogens is 294 g/mol. The van der Waals surface area contributed by atoms with Crippen LogP contribution in [0.2, 0.25) is 5.02 Å². The monoisotopic (exact) mass is 323 g/mol. The van der Waals surface area contributed by atoms with Gasteiger partial charge in [0, 0.05) is 11.6 Å². The lowest BCUT2D eigenvalue weighted by Gasteiger charge is -2.40. The molecule has 124 valence electrons. The van der Waals surface area contributed by atoms with Gasteiger partial charge >= 0.3 is 0 Å². The second-order valence-electron chi connectivity index (χ2n) is 6.54. The van der Waals surface area contributed by atoms with Gasteiger partial charge in [-0.2, -0.15) is 0 Å². The van der Waals surface area contributed by atoms with E-state index in [2.05, 4.69) is 18.7 Å². The van der Waals surface area contributed by atoms with Gasteiger partial charge in [-0.15, -0.1) is 0 Å². The Bertz CT molecular complexity index is 437. The second-order valence-corrected chi connectivity index (χ2v) is 6.98. The van der Waals surface area contributed by atoms with E-state index >= 15 is 0 Å². The molecule has 1 aromatic carbocycles. The summed E-state index contributed by atoms with van der Waals surface area (Å²) in [7, 11) is 0. The topological polar surface area (TPSA) is 23.5 Å². The molecule has 1 aliphatic rings. The second kappa shape index (κ2) is 8.33. The highest BCUT2D eigenvalue weighted by Gasteiger charge is 2.38. The highest BCUT2D eigenvalue weighted by molar-refractivity contribution is 6.30. The van der Waals surface area contributed by atoms with Crippen LogP contribution >= 0.6 is 11.6 Å². The standard InChI is InChI=1S/C19H30ClNO/c1-3-21(4-2)15-14-19(22,16-8-6-5-7-9-16)17-10-12-18(20)13-11-17/h10-13,16,22H,3-9,14-15H2,1-2H3.